The Morgan fingerprint density at radius 2 is 2.00 bits per heavy atom. The van der Waals surface area contributed by atoms with Crippen LogP contribution in [0.1, 0.15) is 18.2 Å². The number of aryl methyl sites for hydroxylation is 1. The van der Waals surface area contributed by atoms with Gasteiger partial charge in [0.1, 0.15) is 12.2 Å². The summed E-state index contributed by atoms with van der Waals surface area (Å²) in [6.07, 6.45) is -2.21. The van der Waals surface area contributed by atoms with Crippen LogP contribution in [0.15, 0.2) is 27.7 Å². The summed E-state index contributed by atoms with van der Waals surface area (Å²) >= 11 is 0. The Labute approximate surface area is 161 Å². The van der Waals surface area contributed by atoms with Crippen LogP contribution >= 0.6 is 7.60 Å². The number of aromatic nitrogens is 2. The molecule has 3 N–H and O–H groups in total. The van der Waals surface area contributed by atoms with Gasteiger partial charge in [0.05, 0.1) is 19.3 Å². The van der Waals surface area contributed by atoms with Crippen molar-refractivity contribution in [2.24, 2.45) is 0 Å². The Hall–Kier alpha value is -1.59. The normalized spacial score (nSPS) is 25.2. The number of H-pyrrole nitrogens is 1. The predicted octanol–water partition coefficient (Wildman–Crippen LogP) is -0.129. The smallest absolute Gasteiger partial charge is 0.351 e. The zero-order valence-electron chi connectivity index (χ0n) is 15.9. The lowest BCUT2D eigenvalue weighted by Crippen LogP contribution is -2.40. The molecule has 0 amide bonds. The van der Waals surface area contributed by atoms with Crippen molar-refractivity contribution in [3.05, 3.63) is 44.5 Å². The second-order valence-corrected chi connectivity index (χ2v) is 8.11. The predicted molar refractivity (Wildman–Crippen MR) is 98.2 cm³/mol. The molecule has 1 aliphatic rings. The Balaban J connectivity index is 2.39. The molecule has 1 aromatic heterocycles. The second kappa shape index (κ2) is 9.27. The standard InChI is InChI=1S/C16H25N2O9P/c1-9-8-18(16(20)17-14(9)19)15-13(26-6-5-24-3)12(25-4)11(27-15)7-10(2)28(21,22)23/h8,11-13,15H,2,5-7H2,1,3-4H3,(H,17,19,20)(H2,21,22,23)/t11-,12-,13-,15-/m1/s1. The maximum atomic E-state index is 12.3. The van der Waals surface area contributed by atoms with E-state index >= 15 is 0 Å². The van der Waals surface area contributed by atoms with Crippen LogP contribution in [0.2, 0.25) is 0 Å². The lowest BCUT2D eigenvalue weighted by Gasteiger charge is -2.24. The first-order chi connectivity index (χ1) is 13.1. The highest BCUT2D eigenvalue weighted by molar-refractivity contribution is 7.56. The molecule has 0 aromatic carbocycles. The molecule has 0 bridgehead atoms. The molecule has 0 radical (unpaired) electrons. The van der Waals surface area contributed by atoms with Crippen LogP contribution in [0.3, 0.4) is 0 Å². The number of hydrogen-bond donors (Lipinski definition) is 3. The highest BCUT2D eigenvalue weighted by Gasteiger charge is 2.48. The van der Waals surface area contributed by atoms with Crippen molar-refractivity contribution in [3.8, 4) is 0 Å². The fourth-order valence-electron chi connectivity index (χ4n) is 2.95. The van der Waals surface area contributed by atoms with E-state index in [1.165, 1.54) is 31.9 Å². The SMILES string of the molecule is C=C(C[C@H]1O[C@@H](n2cc(C)c(=O)[nH]c2=O)[C@H](OCCOC)[C@@H]1OC)P(=O)(O)O. The van der Waals surface area contributed by atoms with Gasteiger partial charge in [0.15, 0.2) is 6.23 Å². The van der Waals surface area contributed by atoms with Gasteiger partial charge in [-0.15, -0.1) is 0 Å². The quantitative estimate of drug-likeness (QED) is 0.367. The van der Waals surface area contributed by atoms with Gasteiger partial charge < -0.3 is 28.7 Å². The molecule has 0 aliphatic carbocycles. The van der Waals surface area contributed by atoms with E-state index in [9.17, 15) is 23.9 Å². The molecule has 2 heterocycles. The van der Waals surface area contributed by atoms with Gasteiger partial charge in [0.25, 0.3) is 5.56 Å². The minimum atomic E-state index is -4.51. The molecule has 2 rings (SSSR count). The molecule has 11 nitrogen and oxygen atoms in total. The van der Waals surface area contributed by atoms with Crippen molar-refractivity contribution >= 4 is 7.60 Å². The van der Waals surface area contributed by atoms with Crippen molar-refractivity contribution < 1.29 is 33.3 Å². The molecule has 0 saturated carbocycles. The van der Waals surface area contributed by atoms with E-state index in [2.05, 4.69) is 11.6 Å². The molecule has 158 valence electrons. The van der Waals surface area contributed by atoms with E-state index < -0.39 is 43.4 Å². The number of ether oxygens (including phenoxy) is 4. The molecular formula is C16H25N2O9P. The largest absolute Gasteiger partial charge is 0.382 e. The lowest BCUT2D eigenvalue weighted by molar-refractivity contribution is -0.0838. The molecule has 4 atom stereocenters. The maximum absolute atomic E-state index is 12.3. The van der Waals surface area contributed by atoms with Gasteiger partial charge in [0.2, 0.25) is 0 Å². The van der Waals surface area contributed by atoms with Gasteiger partial charge in [-0.05, 0) is 6.92 Å². The minimum absolute atomic E-state index is 0.171. The van der Waals surface area contributed by atoms with Crippen LogP contribution < -0.4 is 11.2 Å². The third-order valence-electron chi connectivity index (χ3n) is 4.42. The van der Waals surface area contributed by atoms with E-state index in [0.29, 0.717) is 0 Å². The first-order valence-corrected chi connectivity index (χ1v) is 10.1. The number of aromatic amines is 1. The Kier molecular flexibility index (Phi) is 7.52. The van der Waals surface area contributed by atoms with Crippen LogP contribution in [0.5, 0.6) is 0 Å². The van der Waals surface area contributed by atoms with Crippen molar-refractivity contribution in [2.75, 3.05) is 27.4 Å². The molecule has 1 aliphatic heterocycles. The molecular weight excluding hydrogens is 395 g/mol. The van der Waals surface area contributed by atoms with Crippen LogP contribution in [-0.2, 0) is 23.5 Å². The summed E-state index contributed by atoms with van der Waals surface area (Å²) in [5, 5.41) is -0.319. The highest BCUT2D eigenvalue weighted by atomic mass is 31.2. The summed E-state index contributed by atoms with van der Waals surface area (Å²) in [7, 11) is -1.61. The van der Waals surface area contributed by atoms with Gasteiger partial charge in [-0.25, -0.2) is 4.79 Å². The van der Waals surface area contributed by atoms with Gasteiger partial charge in [-0.2, -0.15) is 0 Å². The molecule has 12 heteroatoms. The minimum Gasteiger partial charge on any atom is -0.382 e. The van der Waals surface area contributed by atoms with Gasteiger partial charge >= 0.3 is 13.3 Å². The second-order valence-electron chi connectivity index (χ2n) is 6.39. The molecule has 0 spiro atoms. The van der Waals surface area contributed by atoms with E-state index in [0.717, 1.165) is 0 Å². The monoisotopic (exact) mass is 420 g/mol. The topological polar surface area (TPSA) is 149 Å². The molecule has 28 heavy (non-hydrogen) atoms. The Bertz CT molecular complexity index is 858. The average Bonchev–Trinajstić information content (AvgIpc) is 2.94. The summed E-state index contributed by atoms with van der Waals surface area (Å²) in [5.41, 5.74) is -0.938. The van der Waals surface area contributed by atoms with E-state index in [1.54, 1.807) is 0 Å². The first kappa shape index (κ1) is 22.7. The molecule has 0 unspecified atom stereocenters. The zero-order chi connectivity index (χ0) is 21.1. The summed E-state index contributed by atoms with van der Waals surface area (Å²) in [6.45, 7) is 5.40. The zero-order valence-corrected chi connectivity index (χ0v) is 16.8. The number of rotatable bonds is 9. The summed E-state index contributed by atoms with van der Waals surface area (Å²) in [4.78, 5) is 44.8. The van der Waals surface area contributed by atoms with Gasteiger partial charge in [0, 0.05) is 37.7 Å². The molecule has 1 aromatic rings. The average molecular weight is 420 g/mol. The third kappa shape index (κ3) is 5.06. The maximum Gasteiger partial charge on any atom is 0.351 e. The van der Waals surface area contributed by atoms with Crippen molar-refractivity contribution in [2.45, 2.75) is 37.9 Å². The van der Waals surface area contributed by atoms with Crippen molar-refractivity contribution in [1.82, 2.24) is 9.55 Å². The summed E-state index contributed by atoms with van der Waals surface area (Å²) < 4.78 is 34.7. The molecule has 1 fully saturated rings. The van der Waals surface area contributed by atoms with Crippen LogP contribution in [0.4, 0.5) is 0 Å². The first-order valence-electron chi connectivity index (χ1n) is 8.45. The lowest BCUT2D eigenvalue weighted by atomic mass is 10.1. The Morgan fingerprint density at radius 3 is 2.57 bits per heavy atom. The number of hydrogen-bond acceptors (Lipinski definition) is 7. The van der Waals surface area contributed by atoms with Crippen LogP contribution in [0, 0.1) is 6.92 Å². The fraction of sp³-hybridized carbons (Fsp3) is 0.625. The Morgan fingerprint density at radius 1 is 1.32 bits per heavy atom. The van der Waals surface area contributed by atoms with E-state index in [1.807, 2.05) is 0 Å². The van der Waals surface area contributed by atoms with Crippen molar-refractivity contribution in [3.63, 3.8) is 0 Å². The highest BCUT2D eigenvalue weighted by Crippen LogP contribution is 2.48. The van der Waals surface area contributed by atoms with Crippen LogP contribution in [0.25, 0.3) is 0 Å². The third-order valence-corrected chi connectivity index (χ3v) is 5.43. The van der Waals surface area contributed by atoms with Crippen molar-refractivity contribution in [1.29, 1.82) is 0 Å². The number of nitrogens with one attached hydrogen (secondary N) is 1. The van der Waals surface area contributed by atoms with Gasteiger partial charge in [-0.3, -0.25) is 18.9 Å². The van der Waals surface area contributed by atoms with E-state index in [4.69, 9.17) is 18.9 Å². The number of methoxy groups -OCH3 is 2. The van der Waals surface area contributed by atoms with Crippen LogP contribution in [-0.4, -0.2) is 65.1 Å². The number of nitrogens with zero attached hydrogens (tertiary/aromatic N) is 1. The van der Waals surface area contributed by atoms with E-state index in [-0.39, 0.29) is 30.5 Å². The fourth-order valence-corrected chi connectivity index (χ4v) is 3.37. The van der Waals surface area contributed by atoms with Gasteiger partial charge in [-0.1, -0.05) is 6.58 Å². The summed E-state index contributed by atoms with van der Waals surface area (Å²) in [5.74, 6) is 0. The summed E-state index contributed by atoms with van der Waals surface area (Å²) in [6, 6.07) is 0. The molecule has 1 saturated heterocycles.